The Morgan fingerprint density at radius 3 is 2.71 bits per heavy atom. The number of ether oxygens (including phenoxy) is 1. The van der Waals surface area contributed by atoms with Gasteiger partial charge in [0.1, 0.15) is 30.3 Å². The second-order valence-electron chi connectivity index (χ2n) is 5.58. The fourth-order valence-corrected chi connectivity index (χ4v) is 3.07. The Hall–Kier alpha value is -1.35. The van der Waals surface area contributed by atoms with Crippen molar-refractivity contribution in [1.82, 2.24) is 14.5 Å². The van der Waals surface area contributed by atoms with Crippen LogP contribution in [0.25, 0.3) is 11.0 Å². The van der Waals surface area contributed by atoms with Crippen molar-refractivity contribution in [2.24, 2.45) is 10.8 Å². The molecule has 0 saturated carbocycles. The molecule has 1 fully saturated rings. The monoisotopic (exact) mass is 528 g/mol. The summed E-state index contributed by atoms with van der Waals surface area (Å²) in [6.45, 7) is -0.395. The second kappa shape index (κ2) is 6.18. The molecule has 2 aliphatic heterocycles. The van der Waals surface area contributed by atoms with Crippen LogP contribution in [-0.2, 0) is 4.74 Å². The Labute approximate surface area is 156 Å². The fraction of sp³-hybridized carbons (Fsp3) is 0.462. The Balaban J connectivity index is 0.00000169. The van der Waals surface area contributed by atoms with Gasteiger partial charge in [-0.05, 0) is 0 Å². The van der Waals surface area contributed by atoms with E-state index in [4.69, 9.17) is 10.5 Å². The first kappa shape index (κ1) is 17.5. The van der Waals surface area contributed by atoms with Crippen LogP contribution in [0.15, 0.2) is 17.6 Å². The molecule has 24 heavy (non-hydrogen) atoms. The van der Waals surface area contributed by atoms with Crippen molar-refractivity contribution >= 4 is 50.0 Å². The van der Waals surface area contributed by atoms with Crippen LogP contribution >= 0.6 is 0 Å². The number of amidine groups is 1. The third kappa shape index (κ3) is 2.32. The van der Waals surface area contributed by atoms with Gasteiger partial charge in [0.05, 0.1) is 12.0 Å². The number of rotatable bonds is 2. The number of hydrogen-bond acceptors (Lipinski definition) is 9. The third-order valence-electron chi connectivity index (χ3n) is 4.22. The van der Waals surface area contributed by atoms with E-state index >= 15 is 0 Å². The summed E-state index contributed by atoms with van der Waals surface area (Å²) in [7, 11) is 1.72. The van der Waals surface area contributed by atoms with Gasteiger partial charge in [-0.15, -0.1) is 0 Å². The summed E-state index contributed by atoms with van der Waals surface area (Å²) in [5.74, 6) is 0.884. The molecule has 2 aromatic heterocycles. The predicted octanol–water partition coefficient (Wildman–Crippen LogP) is -2.27. The topological polar surface area (TPSA) is 142 Å². The van der Waals surface area contributed by atoms with Crippen molar-refractivity contribution in [1.29, 1.82) is 0 Å². The van der Waals surface area contributed by atoms with E-state index in [2.05, 4.69) is 15.1 Å². The number of nitrogens with two attached hydrogens (primary N) is 1. The molecule has 4 heterocycles. The van der Waals surface area contributed by atoms with E-state index in [0.717, 1.165) is 0 Å². The Morgan fingerprint density at radius 1 is 1.29 bits per heavy atom. The molecule has 5 N–H and O–H groups in total. The van der Waals surface area contributed by atoms with Gasteiger partial charge in [0.2, 0.25) is 0 Å². The van der Waals surface area contributed by atoms with E-state index in [9.17, 15) is 15.3 Å². The summed E-state index contributed by atoms with van der Waals surface area (Å²) in [6.07, 6.45) is -1.10. The van der Waals surface area contributed by atoms with Crippen molar-refractivity contribution < 1.29 is 20.1 Å². The maximum Gasteiger partial charge on any atom is 0.164 e. The molecule has 0 bridgehead atoms. The van der Waals surface area contributed by atoms with Crippen molar-refractivity contribution in [3.63, 3.8) is 0 Å². The van der Waals surface area contributed by atoms with Crippen LogP contribution < -0.4 is 10.7 Å². The van der Waals surface area contributed by atoms with Crippen LogP contribution in [0, 0.1) is 0 Å². The predicted molar refractivity (Wildman–Crippen MR) is 85.4 cm³/mol. The molecule has 2 aliphatic rings. The summed E-state index contributed by atoms with van der Waals surface area (Å²) in [5.41, 5.74) is 7.10. The average Bonchev–Trinajstić information content (AvgIpc) is 3.05. The molecule has 4 rings (SSSR count). The number of aromatic nitrogens is 3. The second-order valence-corrected chi connectivity index (χ2v) is 5.58. The summed E-state index contributed by atoms with van der Waals surface area (Å²) < 4.78 is 7.15. The molecule has 10 nitrogen and oxygen atoms in total. The zero-order chi connectivity index (χ0) is 16.3. The molecular weight excluding hydrogens is 511 g/mol. The first-order valence-corrected chi connectivity index (χ1v) is 7.09. The quantitative estimate of drug-likeness (QED) is 0.321. The molecule has 4 atom stereocenters. The normalized spacial score (nSPS) is 28.8. The number of aliphatic hydroxyl groups is 3. The van der Waals surface area contributed by atoms with E-state index in [1.807, 2.05) is 0 Å². The SMILES string of the molecule is CN1N=C(N)c2cn([C@@H]3O[C@H](CO)[C@@H](O)[C@H]3O)c3ncnc1c23.[Pb]. The van der Waals surface area contributed by atoms with Gasteiger partial charge in [-0.2, -0.15) is 5.10 Å². The number of nitrogens with zero attached hydrogens (tertiary/aromatic N) is 5. The van der Waals surface area contributed by atoms with Crippen molar-refractivity contribution in [2.75, 3.05) is 18.7 Å². The number of anilines is 1. The molecule has 0 aromatic carbocycles. The molecule has 0 unspecified atom stereocenters. The minimum Gasteiger partial charge on any atom is -0.394 e. The molecule has 0 spiro atoms. The summed E-state index contributed by atoms with van der Waals surface area (Å²) in [5, 5.41) is 35.9. The van der Waals surface area contributed by atoms with Crippen LogP contribution in [0.5, 0.6) is 0 Å². The molecular formula is C13H16N6O4Pb. The van der Waals surface area contributed by atoms with E-state index in [1.54, 1.807) is 22.8 Å². The molecule has 0 amide bonds. The van der Waals surface area contributed by atoms with Gasteiger partial charge >= 0.3 is 0 Å². The Morgan fingerprint density at radius 2 is 2.04 bits per heavy atom. The van der Waals surface area contributed by atoms with E-state index in [0.29, 0.717) is 28.3 Å². The minimum absolute atomic E-state index is 0. The van der Waals surface area contributed by atoms with Crippen molar-refractivity contribution in [3.05, 3.63) is 18.1 Å². The van der Waals surface area contributed by atoms with Crippen LogP contribution in [0.1, 0.15) is 11.8 Å². The first-order chi connectivity index (χ1) is 11.0. The molecule has 1 saturated heterocycles. The first-order valence-electron chi connectivity index (χ1n) is 7.09. The van der Waals surface area contributed by atoms with E-state index < -0.39 is 31.1 Å². The van der Waals surface area contributed by atoms with Crippen molar-refractivity contribution in [3.8, 4) is 0 Å². The van der Waals surface area contributed by atoms with Gasteiger partial charge in [0.25, 0.3) is 0 Å². The molecule has 126 valence electrons. The van der Waals surface area contributed by atoms with Gasteiger partial charge in [-0.3, -0.25) is 0 Å². The maximum absolute atomic E-state index is 10.2. The largest absolute Gasteiger partial charge is 0.394 e. The molecule has 11 heteroatoms. The van der Waals surface area contributed by atoms with Crippen LogP contribution in [0.3, 0.4) is 0 Å². The minimum atomic E-state index is -1.20. The van der Waals surface area contributed by atoms with E-state index in [-0.39, 0.29) is 27.3 Å². The molecule has 2 aromatic rings. The fourth-order valence-electron chi connectivity index (χ4n) is 3.07. The number of aliphatic hydroxyl groups excluding tert-OH is 3. The Kier molecular flexibility index (Phi) is 4.50. The standard InChI is InChI=1S/C13H16N6O4.Pb/c1-18-11-7-5(10(14)17-18)2-19(12(7)16-4-15-11)13-9(22)8(21)6(3-20)23-13;/h2,4,6,8-9,13,20-22H,3H2,1H3,(H2,14,17);/t6-,8-,9-,13-;/m1./s1. The van der Waals surface area contributed by atoms with Gasteiger partial charge in [0, 0.05) is 46.1 Å². The number of hydrazone groups is 1. The molecule has 4 radical (unpaired) electrons. The zero-order valence-electron chi connectivity index (χ0n) is 12.7. The smallest absolute Gasteiger partial charge is 0.164 e. The summed E-state index contributed by atoms with van der Waals surface area (Å²) in [6, 6.07) is 0. The summed E-state index contributed by atoms with van der Waals surface area (Å²) >= 11 is 0. The van der Waals surface area contributed by atoms with Gasteiger partial charge in [-0.25, -0.2) is 15.0 Å². The zero-order valence-corrected chi connectivity index (χ0v) is 16.6. The van der Waals surface area contributed by atoms with Gasteiger partial charge in [-0.1, -0.05) is 0 Å². The Bertz CT molecular complexity index is 811. The van der Waals surface area contributed by atoms with E-state index in [1.165, 1.54) is 6.33 Å². The van der Waals surface area contributed by atoms with Gasteiger partial charge < -0.3 is 30.4 Å². The summed E-state index contributed by atoms with van der Waals surface area (Å²) in [4.78, 5) is 8.45. The maximum atomic E-state index is 10.2. The van der Waals surface area contributed by atoms with Gasteiger partial charge in [0.15, 0.2) is 17.9 Å². The number of hydrogen-bond donors (Lipinski definition) is 4. The van der Waals surface area contributed by atoms with Crippen LogP contribution in [0.2, 0.25) is 0 Å². The van der Waals surface area contributed by atoms with Crippen LogP contribution in [-0.4, -0.2) is 95.0 Å². The molecule has 0 aliphatic carbocycles. The van der Waals surface area contributed by atoms with Crippen LogP contribution in [0.4, 0.5) is 5.82 Å². The third-order valence-corrected chi connectivity index (χ3v) is 4.22. The van der Waals surface area contributed by atoms with Crippen molar-refractivity contribution in [2.45, 2.75) is 24.5 Å². The average molecular weight is 528 g/mol.